The van der Waals surface area contributed by atoms with Crippen LogP contribution in [0.15, 0.2) is 28.7 Å². The molecule has 0 bridgehead atoms. The normalized spacial score (nSPS) is 12.7. The van der Waals surface area contributed by atoms with Crippen LogP contribution in [0.3, 0.4) is 0 Å². The van der Waals surface area contributed by atoms with Crippen LogP contribution in [0.5, 0.6) is 0 Å². The van der Waals surface area contributed by atoms with Gasteiger partial charge in [0.1, 0.15) is 11.5 Å². The van der Waals surface area contributed by atoms with Gasteiger partial charge in [-0.15, -0.1) is 0 Å². The Balaban J connectivity index is 2.39. The van der Waals surface area contributed by atoms with E-state index in [1.54, 1.807) is 12.1 Å². The first-order chi connectivity index (χ1) is 8.52. The van der Waals surface area contributed by atoms with Gasteiger partial charge in [0.15, 0.2) is 11.6 Å². The van der Waals surface area contributed by atoms with E-state index in [9.17, 15) is 8.78 Å². The number of hydrogen-bond acceptors (Lipinski definition) is 2. The van der Waals surface area contributed by atoms with Crippen molar-refractivity contribution in [3.8, 4) is 0 Å². The number of benzene rings is 1. The number of hydrogen-bond donors (Lipinski definition) is 1. The lowest BCUT2D eigenvalue weighted by Crippen LogP contribution is -2.12. The van der Waals surface area contributed by atoms with Crippen LogP contribution in [0, 0.1) is 11.6 Å². The fourth-order valence-corrected chi connectivity index (χ4v) is 1.95. The van der Waals surface area contributed by atoms with E-state index in [2.05, 4.69) is 0 Å². The molecule has 0 aliphatic rings. The first-order valence-corrected chi connectivity index (χ1v) is 5.89. The summed E-state index contributed by atoms with van der Waals surface area (Å²) in [6.45, 7) is 1.94. The molecule has 2 nitrogen and oxygen atoms in total. The minimum atomic E-state index is -0.996. The molecule has 18 heavy (non-hydrogen) atoms. The van der Waals surface area contributed by atoms with Crippen molar-refractivity contribution in [3.63, 3.8) is 0 Å². The molecule has 1 atom stereocenters. The SMILES string of the molecule is CCc1ccc(C(N)c2cc(F)c(F)cc2Cl)o1. The maximum atomic E-state index is 13.2. The average molecular weight is 272 g/mol. The van der Waals surface area contributed by atoms with Gasteiger partial charge >= 0.3 is 0 Å². The van der Waals surface area contributed by atoms with E-state index in [1.165, 1.54) is 0 Å². The van der Waals surface area contributed by atoms with Gasteiger partial charge in [-0.25, -0.2) is 8.78 Å². The second-order valence-electron chi connectivity index (χ2n) is 3.92. The second-order valence-corrected chi connectivity index (χ2v) is 4.33. The Morgan fingerprint density at radius 1 is 1.28 bits per heavy atom. The van der Waals surface area contributed by atoms with Crippen LogP contribution in [0.2, 0.25) is 5.02 Å². The van der Waals surface area contributed by atoms with Gasteiger partial charge in [-0.05, 0) is 29.8 Å². The summed E-state index contributed by atoms with van der Waals surface area (Å²) in [6.07, 6.45) is 0.734. The smallest absolute Gasteiger partial charge is 0.160 e. The van der Waals surface area contributed by atoms with Crippen molar-refractivity contribution in [1.29, 1.82) is 0 Å². The lowest BCUT2D eigenvalue weighted by molar-refractivity contribution is 0.452. The van der Waals surface area contributed by atoms with Crippen molar-refractivity contribution in [1.82, 2.24) is 0 Å². The van der Waals surface area contributed by atoms with Crippen LogP contribution in [0.1, 0.15) is 30.0 Å². The number of aryl methyl sites for hydroxylation is 1. The summed E-state index contributed by atoms with van der Waals surface area (Å²) < 4.78 is 31.6. The van der Waals surface area contributed by atoms with Gasteiger partial charge in [0.05, 0.1) is 6.04 Å². The lowest BCUT2D eigenvalue weighted by Gasteiger charge is -2.11. The van der Waals surface area contributed by atoms with E-state index in [-0.39, 0.29) is 5.02 Å². The molecule has 2 aromatic rings. The van der Waals surface area contributed by atoms with Gasteiger partial charge in [0, 0.05) is 11.4 Å². The third-order valence-corrected chi connectivity index (χ3v) is 3.04. The Morgan fingerprint density at radius 2 is 1.94 bits per heavy atom. The lowest BCUT2D eigenvalue weighted by atomic mass is 10.1. The molecule has 96 valence electrons. The first kappa shape index (κ1) is 13.1. The molecule has 2 rings (SSSR count). The molecule has 0 saturated heterocycles. The van der Waals surface area contributed by atoms with Crippen LogP contribution in [-0.2, 0) is 6.42 Å². The molecule has 0 radical (unpaired) electrons. The average Bonchev–Trinajstić information content (AvgIpc) is 2.81. The molecule has 1 aromatic heterocycles. The number of rotatable bonds is 3. The van der Waals surface area contributed by atoms with E-state index in [4.69, 9.17) is 21.8 Å². The second kappa shape index (κ2) is 5.08. The summed E-state index contributed by atoms with van der Waals surface area (Å²) >= 11 is 5.86. The molecular formula is C13H12ClF2NO. The highest BCUT2D eigenvalue weighted by molar-refractivity contribution is 6.31. The molecule has 5 heteroatoms. The van der Waals surface area contributed by atoms with Gasteiger partial charge < -0.3 is 10.2 Å². The van der Waals surface area contributed by atoms with Gasteiger partial charge in [0.25, 0.3) is 0 Å². The van der Waals surface area contributed by atoms with Crippen LogP contribution in [0.25, 0.3) is 0 Å². The molecule has 0 aliphatic heterocycles. The van der Waals surface area contributed by atoms with Gasteiger partial charge in [0.2, 0.25) is 0 Å². The summed E-state index contributed by atoms with van der Waals surface area (Å²) in [5, 5.41) is 0.0795. The van der Waals surface area contributed by atoms with E-state index in [1.807, 2.05) is 6.92 Å². The summed E-state index contributed by atoms with van der Waals surface area (Å²) in [6, 6.07) is 4.70. The standard InChI is InChI=1S/C13H12ClF2NO/c1-2-7-3-4-12(18-7)13(17)8-5-10(15)11(16)6-9(8)14/h3-6,13H,2,17H2,1H3. The van der Waals surface area contributed by atoms with Crippen molar-refractivity contribution >= 4 is 11.6 Å². The highest BCUT2D eigenvalue weighted by atomic mass is 35.5. The van der Waals surface area contributed by atoms with Gasteiger partial charge in [-0.1, -0.05) is 18.5 Å². The molecule has 2 N–H and O–H groups in total. The van der Waals surface area contributed by atoms with E-state index in [0.717, 1.165) is 24.3 Å². The molecule has 0 fully saturated rings. The van der Waals surface area contributed by atoms with Crippen LogP contribution in [0.4, 0.5) is 8.78 Å². The molecule has 1 aromatic carbocycles. The van der Waals surface area contributed by atoms with Crippen LogP contribution in [-0.4, -0.2) is 0 Å². The summed E-state index contributed by atoms with van der Waals surface area (Å²) in [5.41, 5.74) is 6.24. The monoisotopic (exact) mass is 271 g/mol. The highest BCUT2D eigenvalue weighted by Gasteiger charge is 2.18. The van der Waals surface area contributed by atoms with E-state index in [0.29, 0.717) is 11.3 Å². The van der Waals surface area contributed by atoms with Crippen LogP contribution < -0.4 is 5.73 Å². The Bertz CT molecular complexity index is 568. The fourth-order valence-electron chi connectivity index (χ4n) is 1.68. The zero-order valence-electron chi connectivity index (χ0n) is 9.71. The quantitative estimate of drug-likeness (QED) is 0.862. The number of nitrogens with two attached hydrogens (primary N) is 1. The van der Waals surface area contributed by atoms with Crippen molar-refractivity contribution in [2.24, 2.45) is 5.73 Å². The van der Waals surface area contributed by atoms with Crippen molar-refractivity contribution in [3.05, 3.63) is 58.0 Å². The third kappa shape index (κ3) is 2.40. The molecule has 0 saturated carbocycles. The maximum absolute atomic E-state index is 13.2. The Kier molecular flexibility index (Phi) is 3.68. The predicted molar refractivity (Wildman–Crippen MR) is 65.5 cm³/mol. The molecule has 0 spiro atoms. The highest BCUT2D eigenvalue weighted by Crippen LogP contribution is 2.29. The number of furan rings is 1. The van der Waals surface area contributed by atoms with E-state index < -0.39 is 17.7 Å². The fraction of sp³-hybridized carbons (Fsp3) is 0.231. The minimum Gasteiger partial charge on any atom is -0.464 e. The Hall–Kier alpha value is -1.39. The summed E-state index contributed by atoms with van der Waals surface area (Å²) in [5.74, 6) is -0.726. The topological polar surface area (TPSA) is 39.2 Å². The predicted octanol–water partition coefficient (Wildman–Crippen LogP) is 3.82. The summed E-state index contributed by atoms with van der Waals surface area (Å²) in [4.78, 5) is 0. The molecular weight excluding hydrogens is 260 g/mol. The molecule has 1 unspecified atom stereocenters. The van der Waals surface area contributed by atoms with Crippen molar-refractivity contribution in [2.75, 3.05) is 0 Å². The first-order valence-electron chi connectivity index (χ1n) is 5.51. The molecule has 1 heterocycles. The largest absolute Gasteiger partial charge is 0.464 e. The van der Waals surface area contributed by atoms with Crippen molar-refractivity contribution < 1.29 is 13.2 Å². The summed E-state index contributed by atoms with van der Waals surface area (Å²) in [7, 11) is 0. The third-order valence-electron chi connectivity index (χ3n) is 2.71. The number of halogens is 3. The van der Waals surface area contributed by atoms with Gasteiger partial charge in [-0.3, -0.25) is 0 Å². The van der Waals surface area contributed by atoms with Gasteiger partial charge in [-0.2, -0.15) is 0 Å². The Morgan fingerprint density at radius 3 is 2.56 bits per heavy atom. The zero-order chi connectivity index (χ0) is 13.3. The van der Waals surface area contributed by atoms with E-state index >= 15 is 0 Å². The molecule has 0 aliphatic carbocycles. The van der Waals surface area contributed by atoms with Crippen LogP contribution >= 0.6 is 11.6 Å². The zero-order valence-corrected chi connectivity index (χ0v) is 10.5. The Labute approximate surface area is 108 Å². The maximum Gasteiger partial charge on any atom is 0.160 e. The van der Waals surface area contributed by atoms with Crippen molar-refractivity contribution in [2.45, 2.75) is 19.4 Å². The minimum absolute atomic E-state index is 0.0795. The molecule has 0 amide bonds.